The second-order valence-corrected chi connectivity index (χ2v) is 6.29. The Morgan fingerprint density at radius 3 is 1.96 bits per heavy atom. The molecule has 120 valence electrons. The van der Waals surface area contributed by atoms with E-state index in [1.165, 1.54) is 6.07 Å². The zero-order chi connectivity index (χ0) is 16.4. The van der Waals surface area contributed by atoms with Gasteiger partial charge in [-0.05, 0) is 59.4 Å². The molecule has 6 heteroatoms. The molecule has 2 aromatic carbocycles. The average molecular weight is 332 g/mol. The minimum absolute atomic E-state index is 0.103. The molecule has 0 unspecified atom stereocenters. The molecule has 1 N–H and O–H groups in total. The van der Waals surface area contributed by atoms with Crippen LogP contribution >= 0.6 is 0 Å². The smallest absolute Gasteiger partial charge is 0.446 e. The Kier molecular flexibility index (Phi) is 4.11. The summed E-state index contributed by atoms with van der Waals surface area (Å²) < 4.78 is 40.2. The van der Waals surface area contributed by atoms with Crippen molar-refractivity contribution in [3.8, 4) is 11.5 Å². The highest BCUT2D eigenvalue weighted by atomic mass is 32.3. The number of fused-ring (bicyclic) bond motifs is 2. The van der Waals surface area contributed by atoms with E-state index < -0.39 is 10.4 Å². The molecule has 0 atom stereocenters. The van der Waals surface area contributed by atoms with Crippen LogP contribution < -0.4 is 8.92 Å². The molecule has 23 heavy (non-hydrogen) atoms. The Morgan fingerprint density at radius 2 is 1.43 bits per heavy atom. The molecule has 0 aliphatic heterocycles. The lowest BCUT2D eigenvalue weighted by Crippen LogP contribution is -2.07. The zero-order valence-corrected chi connectivity index (χ0v) is 13.3. The van der Waals surface area contributed by atoms with E-state index in [-0.39, 0.29) is 5.75 Å². The van der Waals surface area contributed by atoms with Gasteiger partial charge in [0.15, 0.2) is 0 Å². The number of hydrogen-bond donors (Lipinski definition) is 1. The molecular formula is C17H16O5S. The van der Waals surface area contributed by atoms with Crippen molar-refractivity contribution in [1.82, 2.24) is 0 Å². The van der Waals surface area contributed by atoms with Gasteiger partial charge in [-0.1, -0.05) is 24.3 Å². The number of ether oxygens (including phenoxy) is 1. The van der Waals surface area contributed by atoms with Crippen LogP contribution in [0, 0.1) is 0 Å². The molecule has 0 radical (unpaired) electrons. The lowest BCUT2D eigenvalue weighted by atomic mass is 9.93. The van der Waals surface area contributed by atoms with Gasteiger partial charge in [-0.15, -0.1) is 0 Å². The number of methoxy groups -OCH3 is 1. The number of rotatable bonds is 3. The van der Waals surface area contributed by atoms with Crippen LogP contribution in [0.2, 0.25) is 0 Å². The van der Waals surface area contributed by atoms with Gasteiger partial charge in [0.1, 0.15) is 11.5 Å². The highest BCUT2D eigenvalue weighted by molar-refractivity contribution is 7.81. The molecule has 3 rings (SSSR count). The Hall–Kier alpha value is -2.31. The SMILES string of the molecule is COc1ccc2c(c1)CCc1cc(OS(=O)(=O)O)ccc1/C=C\2. The predicted molar refractivity (Wildman–Crippen MR) is 87.9 cm³/mol. The van der Waals surface area contributed by atoms with E-state index in [1.807, 2.05) is 30.4 Å². The lowest BCUT2D eigenvalue weighted by Gasteiger charge is -2.14. The van der Waals surface area contributed by atoms with Crippen molar-refractivity contribution in [2.75, 3.05) is 7.11 Å². The van der Waals surface area contributed by atoms with Crippen molar-refractivity contribution in [1.29, 1.82) is 0 Å². The molecule has 5 nitrogen and oxygen atoms in total. The number of benzene rings is 2. The van der Waals surface area contributed by atoms with E-state index in [1.54, 1.807) is 19.2 Å². The van der Waals surface area contributed by atoms with Gasteiger partial charge in [-0.3, -0.25) is 4.55 Å². The van der Waals surface area contributed by atoms with Gasteiger partial charge >= 0.3 is 10.4 Å². The van der Waals surface area contributed by atoms with Crippen molar-refractivity contribution >= 4 is 22.6 Å². The second kappa shape index (κ2) is 6.06. The van der Waals surface area contributed by atoms with Crippen molar-refractivity contribution in [2.45, 2.75) is 12.8 Å². The van der Waals surface area contributed by atoms with Gasteiger partial charge in [0.05, 0.1) is 7.11 Å². The lowest BCUT2D eigenvalue weighted by molar-refractivity contribution is 0.386. The van der Waals surface area contributed by atoms with E-state index in [4.69, 9.17) is 9.29 Å². The van der Waals surface area contributed by atoms with Gasteiger partial charge in [-0.25, -0.2) is 0 Å². The van der Waals surface area contributed by atoms with Gasteiger partial charge < -0.3 is 8.92 Å². The third-order valence-electron chi connectivity index (χ3n) is 3.77. The van der Waals surface area contributed by atoms with Gasteiger partial charge in [-0.2, -0.15) is 8.42 Å². The highest BCUT2D eigenvalue weighted by Gasteiger charge is 2.12. The zero-order valence-electron chi connectivity index (χ0n) is 12.5. The van der Waals surface area contributed by atoms with Crippen molar-refractivity contribution in [3.63, 3.8) is 0 Å². The maximum absolute atomic E-state index is 10.8. The molecule has 0 saturated heterocycles. The largest absolute Gasteiger partial charge is 0.497 e. The summed E-state index contributed by atoms with van der Waals surface area (Å²) >= 11 is 0. The number of hydrogen-bond acceptors (Lipinski definition) is 4. The molecule has 0 aromatic heterocycles. The molecule has 0 heterocycles. The summed E-state index contributed by atoms with van der Waals surface area (Å²) in [6.45, 7) is 0. The van der Waals surface area contributed by atoms with Crippen LogP contribution in [0.4, 0.5) is 0 Å². The van der Waals surface area contributed by atoms with E-state index in [9.17, 15) is 8.42 Å². The minimum Gasteiger partial charge on any atom is -0.497 e. The first-order chi connectivity index (χ1) is 10.9. The molecule has 0 saturated carbocycles. The molecule has 0 amide bonds. The summed E-state index contributed by atoms with van der Waals surface area (Å²) in [6.07, 6.45) is 5.52. The van der Waals surface area contributed by atoms with Crippen molar-refractivity contribution in [3.05, 3.63) is 58.7 Å². The minimum atomic E-state index is -4.51. The first kappa shape index (κ1) is 15.6. The predicted octanol–water partition coefficient (Wildman–Crippen LogP) is 3.15. The van der Waals surface area contributed by atoms with Crippen LogP contribution in [0.3, 0.4) is 0 Å². The van der Waals surface area contributed by atoms with Gasteiger partial charge in [0, 0.05) is 0 Å². The summed E-state index contributed by atoms with van der Waals surface area (Å²) in [5.74, 6) is 0.910. The summed E-state index contributed by atoms with van der Waals surface area (Å²) in [5, 5.41) is 0. The molecule has 1 aliphatic rings. The van der Waals surface area contributed by atoms with Gasteiger partial charge in [0.25, 0.3) is 0 Å². The highest BCUT2D eigenvalue weighted by Crippen LogP contribution is 2.28. The molecule has 2 aromatic rings. The number of aryl methyl sites for hydroxylation is 2. The summed E-state index contributed by atoms with van der Waals surface area (Å²) in [4.78, 5) is 0. The van der Waals surface area contributed by atoms with Crippen molar-refractivity contribution < 1.29 is 21.9 Å². The fourth-order valence-corrected chi connectivity index (χ4v) is 3.02. The fourth-order valence-electron chi connectivity index (χ4n) is 2.67. The molecular weight excluding hydrogens is 316 g/mol. The fraction of sp³-hybridized carbons (Fsp3) is 0.176. The van der Waals surface area contributed by atoms with Crippen LogP contribution in [-0.4, -0.2) is 20.1 Å². The van der Waals surface area contributed by atoms with E-state index in [0.717, 1.165) is 40.8 Å². The Balaban J connectivity index is 1.96. The van der Waals surface area contributed by atoms with Crippen LogP contribution in [0.15, 0.2) is 36.4 Å². The van der Waals surface area contributed by atoms with Crippen molar-refractivity contribution in [2.24, 2.45) is 0 Å². The summed E-state index contributed by atoms with van der Waals surface area (Å²) in [5.41, 5.74) is 4.24. The second-order valence-electron chi connectivity index (χ2n) is 5.27. The van der Waals surface area contributed by atoms with E-state index in [2.05, 4.69) is 4.18 Å². The van der Waals surface area contributed by atoms with Crippen LogP contribution in [0.1, 0.15) is 22.3 Å². The average Bonchev–Trinajstić information content (AvgIpc) is 2.48. The van der Waals surface area contributed by atoms with Crippen LogP contribution in [-0.2, 0) is 23.2 Å². The first-order valence-electron chi connectivity index (χ1n) is 7.09. The Morgan fingerprint density at radius 1 is 0.913 bits per heavy atom. The quantitative estimate of drug-likeness (QED) is 0.874. The summed E-state index contributed by atoms with van der Waals surface area (Å²) in [7, 11) is -2.88. The molecule has 0 fully saturated rings. The third-order valence-corrected chi connectivity index (χ3v) is 4.18. The maximum Gasteiger partial charge on any atom is 0.446 e. The first-order valence-corrected chi connectivity index (χ1v) is 8.46. The standard InChI is InChI=1S/C17H16O5S/c1-21-16-8-6-12-2-3-13-7-9-17(22-23(18,19)20)11-15(13)5-4-14(12)10-16/h2-3,6-11H,4-5H2,1H3,(H,18,19,20)/b3-2-. The van der Waals surface area contributed by atoms with E-state index >= 15 is 0 Å². The van der Waals surface area contributed by atoms with Crippen LogP contribution in [0.25, 0.3) is 12.2 Å². The third kappa shape index (κ3) is 3.72. The topological polar surface area (TPSA) is 72.8 Å². The maximum atomic E-state index is 10.8. The molecule has 1 aliphatic carbocycles. The normalized spacial score (nSPS) is 14.9. The van der Waals surface area contributed by atoms with Crippen LogP contribution in [0.5, 0.6) is 11.5 Å². The van der Waals surface area contributed by atoms with Gasteiger partial charge in [0.2, 0.25) is 0 Å². The Bertz CT molecular complexity index is 869. The Labute approximate surface area is 135 Å². The molecule has 0 spiro atoms. The van der Waals surface area contributed by atoms with E-state index in [0.29, 0.717) is 0 Å². The monoisotopic (exact) mass is 332 g/mol. The molecule has 0 bridgehead atoms. The summed E-state index contributed by atoms with van der Waals surface area (Å²) in [6, 6.07) is 10.9.